The molecule has 0 saturated carbocycles. The molecule has 0 aliphatic carbocycles. The lowest BCUT2D eigenvalue weighted by Crippen LogP contribution is -2.36. The molecule has 0 saturated heterocycles. The van der Waals surface area contributed by atoms with E-state index in [9.17, 15) is 0 Å². The topological polar surface area (TPSA) is 67.8 Å². The van der Waals surface area contributed by atoms with Crippen LogP contribution < -0.4 is 20.1 Å². The number of nitrogens with one attached hydrogen (secondary N) is 2. The number of pyridine rings is 1. The third kappa shape index (κ3) is 6.47. The van der Waals surface area contributed by atoms with E-state index < -0.39 is 0 Å². The fourth-order valence-corrected chi connectivity index (χ4v) is 2.58. The van der Waals surface area contributed by atoms with Gasteiger partial charge in [0.25, 0.3) is 0 Å². The molecule has 0 atom stereocenters. The minimum absolute atomic E-state index is 0.130. The third-order valence-electron chi connectivity index (χ3n) is 3.83. The first-order valence-corrected chi connectivity index (χ1v) is 9.30. The first-order chi connectivity index (χ1) is 13.0. The highest BCUT2D eigenvalue weighted by Gasteiger charge is 2.09. The summed E-state index contributed by atoms with van der Waals surface area (Å²) >= 11 is 0. The number of nitrogens with zero attached hydrogens (tertiary/aromatic N) is 2. The SMILES string of the molecule is CCOc1ncccc1CNC(=NC)NCc1ccc(C)cc1OC(C)C. The minimum atomic E-state index is 0.130. The van der Waals surface area contributed by atoms with Crippen molar-refractivity contribution in [2.24, 2.45) is 4.99 Å². The lowest BCUT2D eigenvalue weighted by atomic mass is 10.1. The fraction of sp³-hybridized carbons (Fsp3) is 0.429. The number of aromatic nitrogens is 1. The number of hydrogen-bond acceptors (Lipinski definition) is 4. The maximum atomic E-state index is 5.94. The first-order valence-electron chi connectivity index (χ1n) is 9.30. The highest BCUT2D eigenvalue weighted by molar-refractivity contribution is 5.79. The Morgan fingerprint density at radius 2 is 1.89 bits per heavy atom. The molecule has 2 aromatic rings. The fourth-order valence-electron chi connectivity index (χ4n) is 2.58. The van der Waals surface area contributed by atoms with Crippen molar-refractivity contribution in [3.05, 3.63) is 53.2 Å². The molecule has 146 valence electrons. The van der Waals surface area contributed by atoms with Gasteiger partial charge in [0.1, 0.15) is 5.75 Å². The first kappa shape index (κ1) is 20.6. The van der Waals surface area contributed by atoms with Gasteiger partial charge in [0, 0.05) is 37.5 Å². The van der Waals surface area contributed by atoms with Crippen LogP contribution in [0.25, 0.3) is 0 Å². The number of aryl methyl sites for hydroxylation is 1. The summed E-state index contributed by atoms with van der Waals surface area (Å²) in [4.78, 5) is 8.57. The van der Waals surface area contributed by atoms with E-state index in [1.165, 1.54) is 5.56 Å². The molecule has 0 spiro atoms. The van der Waals surface area contributed by atoms with Gasteiger partial charge in [-0.25, -0.2) is 4.98 Å². The van der Waals surface area contributed by atoms with E-state index in [1.807, 2.05) is 32.9 Å². The Morgan fingerprint density at radius 1 is 1.15 bits per heavy atom. The zero-order valence-corrected chi connectivity index (χ0v) is 16.9. The average Bonchev–Trinajstić information content (AvgIpc) is 2.64. The van der Waals surface area contributed by atoms with Crippen LogP contribution in [0.1, 0.15) is 37.5 Å². The zero-order valence-electron chi connectivity index (χ0n) is 16.9. The van der Waals surface area contributed by atoms with Gasteiger partial charge in [-0.1, -0.05) is 18.2 Å². The standard InChI is InChI=1S/C21H30N4O2/c1-6-26-20-18(8-7-11-23-20)14-25-21(22-5)24-13-17-10-9-16(4)12-19(17)27-15(2)3/h7-12,15H,6,13-14H2,1-5H3,(H2,22,24,25). The van der Waals surface area contributed by atoms with Gasteiger partial charge in [0.2, 0.25) is 5.88 Å². The lowest BCUT2D eigenvalue weighted by Gasteiger charge is -2.17. The largest absolute Gasteiger partial charge is 0.491 e. The van der Waals surface area contributed by atoms with Gasteiger partial charge in [-0.2, -0.15) is 0 Å². The maximum absolute atomic E-state index is 5.94. The van der Waals surface area contributed by atoms with Gasteiger partial charge in [0.05, 0.1) is 12.7 Å². The normalized spacial score (nSPS) is 11.4. The van der Waals surface area contributed by atoms with Crippen molar-refractivity contribution in [1.82, 2.24) is 15.6 Å². The Morgan fingerprint density at radius 3 is 2.56 bits per heavy atom. The van der Waals surface area contributed by atoms with Crippen molar-refractivity contribution in [2.45, 2.75) is 46.9 Å². The van der Waals surface area contributed by atoms with Gasteiger partial charge in [-0.15, -0.1) is 0 Å². The number of guanidine groups is 1. The maximum Gasteiger partial charge on any atom is 0.218 e. The van der Waals surface area contributed by atoms with Crippen LogP contribution in [0, 0.1) is 6.92 Å². The summed E-state index contributed by atoms with van der Waals surface area (Å²) in [6.45, 7) is 9.86. The number of ether oxygens (including phenoxy) is 2. The van der Waals surface area contributed by atoms with Crippen molar-refractivity contribution in [3.63, 3.8) is 0 Å². The molecule has 0 aliphatic heterocycles. The Kier molecular flexibility index (Phi) is 7.92. The summed E-state index contributed by atoms with van der Waals surface area (Å²) in [6.07, 6.45) is 1.86. The van der Waals surface area contributed by atoms with Crippen LogP contribution in [-0.4, -0.2) is 30.7 Å². The molecule has 0 fully saturated rings. The molecule has 6 heteroatoms. The van der Waals surface area contributed by atoms with Gasteiger partial charge in [-0.05, 0) is 45.4 Å². The van der Waals surface area contributed by atoms with E-state index in [-0.39, 0.29) is 6.10 Å². The lowest BCUT2D eigenvalue weighted by molar-refractivity contribution is 0.239. The van der Waals surface area contributed by atoms with Crippen LogP contribution in [-0.2, 0) is 13.1 Å². The molecule has 2 N–H and O–H groups in total. The highest BCUT2D eigenvalue weighted by atomic mass is 16.5. The van der Waals surface area contributed by atoms with E-state index in [0.717, 1.165) is 16.9 Å². The molecule has 2 rings (SSSR count). The molecule has 1 heterocycles. The molecule has 1 aromatic heterocycles. The predicted octanol–water partition coefficient (Wildman–Crippen LogP) is 3.44. The minimum Gasteiger partial charge on any atom is -0.491 e. The molecule has 27 heavy (non-hydrogen) atoms. The second kappa shape index (κ2) is 10.4. The molecule has 0 radical (unpaired) electrons. The van der Waals surface area contributed by atoms with Crippen LogP contribution >= 0.6 is 0 Å². The summed E-state index contributed by atoms with van der Waals surface area (Å²) in [5.74, 6) is 2.25. The summed E-state index contributed by atoms with van der Waals surface area (Å²) in [6, 6.07) is 10.1. The monoisotopic (exact) mass is 370 g/mol. The summed E-state index contributed by atoms with van der Waals surface area (Å²) in [7, 11) is 1.75. The van der Waals surface area contributed by atoms with E-state index in [0.29, 0.717) is 31.5 Å². The second-order valence-corrected chi connectivity index (χ2v) is 6.46. The molecule has 0 unspecified atom stereocenters. The van der Waals surface area contributed by atoms with Crippen LogP contribution in [0.3, 0.4) is 0 Å². The van der Waals surface area contributed by atoms with E-state index in [4.69, 9.17) is 9.47 Å². The number of benzene rings is 1. The molecule has 0 aliphatic rings. The van der Waals surface area contributed by atoms with E-state index in [1.54, 1.807) is 13.2 Å². The van der Waals surface area contributed by atoms with Crippen molar-refractivity contribution in [1.29, 1.82) is 0 Å². The van der Waals surface area contributed by atoms with Gasteiger partial charge >= 0.3 is 0 Å². The highest BCUT2D eigenvalue weighted by Crippen LogP contribution is 2.21. The zero-order chi connectivity index (χ0) is 19.6. The van der Waals surface area contributed by atoms with Crippen molar-refractivity contribution >= 4 is 5.96 Å². The number of hydrogen-bond donors (Lipinski definition) is 2. The molecule has 0 bridgehead atoms. The second-order valence-electron chi connectivity index (χ2n) is 6.46. The van der Waals surface area contributed by atoms with Crippen molar-refractivity contribution in [3.8, 4) is 11.6 Å². The molecule has 1 aromatic carbocycles. The summed E-state index contributed by atoms with van der Waals surface area (Å²) < 4.78 is 11.5. The number of rotatable bonds is 8. The van der Waals surface area contributed by atoms with Crippen LogP contribution in [0.4, 0.5) is 0 Å². The van der Waals surface area contributed by atoms with Crippen LogP contribution in [0.2, 0.25) is 0 Å². The van der Waals surface area contributed by atoms with Crippen LogP contribution in [0.5, 0.6) is 11.6 Å². The smallest absolute Gasteiger partial charge is 0.218 e. The van der Waals surface area contributed by atoms with Gasteiger partial charge in [-0.3, -0.25) is 4.99 Å². The van der Waals surface area contributed by atoms with E-state index in [2.05, 4.69) is 45.7 Å². The molecular formula is C21H30N4O2. The molecular weight excluding hydrogens is 340 g/mol. The van der Waals surface area contributed by atoms with Crippen molar-refractivity contribution < 1.29 is 9.47 Å². The summed E-state index contributed by atoms with van der Waals surface area (Å²) in [5.41, 5.74) is 3.26. The Hall–Kier alpha value is -2.76. The average molecular weight is 370 g/mol. The Balaban J connectivity index is 1.99. The number of aliphatic imine (C=N–C) groups is 1. The Bertz CT molecular complexity index is 760. The van der Waals surface area contributed by atoms with E-state index >= 15 is 0 Å². The third-order valence-corrected chi connectivity index (χ3v) is 3.83. The Labute approximate surface area is 162 Å². The van der Waals surface area contributed by atoms with Crippen LogP contribution in [0.15, 0.2) is 41.5 Å². The van der Waals surface area contributed by atoms with Crippen molar-refractivity contribution in [2.75, 3.05) is 13.7 Å². The molecule has 6 nitrogen and oxygen atoms in total. The van der Waals surface area contributed by atoms with Gasteiger partial charge in [0.15, 0.2) is 5.96 Å². The van der Waals surface area contributed by atoms with Gasteiger partial charge < -0.3 is 20.1 Å². The summed E-state index contributed by atoms with van der Waals surface area (Å²) in [5, 5.41) is 6.64. The molecule has 0 amide bonds. The predicted molar refractivity (Wildman–Crippen MR) is 109 cm³/mol. The quantitative estimate of drug-likeness (QED) is 0.550.